The number of hydrogen-bond donors (Lipinski definition) is 3. The number of allylic oxidation sites excluding steroid dienone is 4. The molecule has 0 aromatic heterocycles. The second-order valence-electron chi connectivity index (χ2n) is 14.7. The standard InChI is InChI=1S/C43H82NO8P/c1-3-5-7-9-11-13-15-17-19-20-21-22-24-26-28-30-32-34-36-43(47)50-39-41(45)40-52-53(48,49)51-38-37-44-42(46)35-33-31-29-27-25-23-18-16-14-12-10-8-6-4-2/h13,15,19-20,41,45H,3-12,14,16-18,21-40H2,1-2H3,(H,44,46)(H,48,49)/b15-13-,20-19-. The summed E-state index contributed by atoms with van der Waals surface area (Å²) in [6, 6.07) is 0. The van der Waals surface area contributed by atoms with Crippen LogP contribution in [0.15, 0.2) is 24.3 Å². The van der Waals surface area contributed by atoms with Crippen LogP contribution >= 0.6 is 7.82 Å². The van der Waals surface area contributed by atoms with Gasteiger partial charge in [0.15, 0.2) is 0 Å². The van der Waals surface area contributed by atoms with Crippen LogP contribution in [0.3, 0.4) is 0 Å². The third kappa shape index (κ3) is 41.5. The highest BCUT2D eigenvalue weighted by Crippen LogP contribution is 2.42. The van der Waals surface area contributed by atoms with E-state index >= 15 is 0 Å². The number of phosphoric acid groups is 1. The zero-order valence-electron chi connectivity index (χ0n) is 34.2. The predicted molar refractivity (Wildman–Crippen MR) is 220 cm³/mol. The predicted octanol–water partition coefficient (Wildman–Crippen LogP) is 12.0. The molecule has 0 bridgehead atoms. The van der Waals surface area contributed by atoms with Crippen LogP contribution in [0.4, 0.5) is 0 Å². The Balaban J connectivity index is 3.59. The summed E-state index contributed by atoms with van der Waals surface area (Å²) < 4.78 is 26.9. The van der Waals surface area contributed by atoms with Crippen molar-refractivity contribution in [3.8, 4) is 0 Å². The topological polar surface area (TPSA) is 131 Å². The Morgan fingerprint density at radius 1 is 0.585 bits per heavy atom. The molecule has 0 aromatic carbocycles. The molecule has 0 aromatic rings. The van der Waals surface area contributed by atoms with Gasteiger partial charge < -0.3 is 20.1 Å². The molecule has 2 unspecified atom stereocenters. The normalized spacial score (nSPS) is 13.5. The van der Waals surface area contributed by atoms with E-state index in [1.807, 2.05) is 0 Å². The van der Waals surface area contributed by atoms with E-state index in [1.165, 1.54) is 122 Å². The first-order chi connectivity index (χ1) is 25.8. The van der Waals surface area contributed by atoms with E-state index in [0.717, 1.165) is 57.8 Å². The molecule has 312 valence electrons. The minimum absolute atomic E-state index is 0.0841. The van der Waals surface area contributed by atoms with Crippen molar-refractivity contribution in [1.29, 1.82) is 0 Å². The summed E-state index contributed by atoms with van der Waals surface area (Å²) in [5, 5.41) is 12.7. The van der Waals surface area contributed by atoms with Crippen LogP contribution in [-0.4, -0.2) is 54.3 Å². The zero-order valence-corrected chi connectivity index (χ0v) is 35.1. The van der Waals surface area contributed by atoms with Gasteiger partial charge in [-0.3, -0.25) is 18.6 Å². The molecule has 0 aliphatic carbocycles. The van der Waals surface area contributed by atoms with Crippen LogP contribution in [0.5, 0.6) is 0 Å². The van der Waals surface area contributed by atoms with Crippen molar-refractivity contribution < 1.29 is 37.9 Å². The molecule has 0 aliphatic heterocycles. The third-order valence-electron chi connectivity index (χ3n) is 9.38. The molecule has 1 amide bonds. The lowest BCUT2D eigenvalue weighted by atomic mass is 10.0. The molecule has 0 fully saturated rings. The first-order valence-electron chi connectivity index (χ1n) is 21.8. The number of esters is 1. The lowest BCUT2D eigenvalue weighted by Crippen LogP contribution is -2.27. The third-order valence-corrected chi connectivity index (χ3v) is 10.4. The smallest absolute Gasteiger partial charge is 0.463 e. The number of ether oxygens (including phenoxy) is 1. The van der Waals surface area contributed by atoms with Gasteiger partial charge in [0.25, 0.3) is 0 Å². The van der Waals surface area contributed by atoms with Gasteiger partial charge in [-0.2, -0.15) is 0 Å². The number of aliphatic hydroxyl groups is 1. The minimum Gasteiger partial charge on any atom is -0.463 e. The molecule has 0 heterocycles. The van der Waals surface area contributed by atoms with Crippen LogP contribution in [-0.2, 0) is 27.9 Å². The number of carbonyl (C=O) groups is 2. The van der Waals surface area contributed by atoms with Crippen LogP contribution < -0.4 is 5.32 Å². The second kappa shape index (κ2) is 40.2. The molecule has 53 heavy (non-hydrogen) atoms. The second-order valence-corrected chi connectivity index (χ2v) is 16.1. The lowest BCUT2D eigenvalue weighted by molar-refractivity contribution is -0.147. The fraction of sp³-hybridized carbons (Fsp3) is 0.860. The van der Waals surface area contributed by atoms with Gasteiger partial charge in [-0.1, -0.05) is 173 Å². The average molecular weight is 772 g/mol. The highest BCUT2D eigenvalue weighted by molar-refractivity contribution is 7.47. The maximum atomic E-state index is 12.1. The molecule has 3 N–H and O–H groups in total. The highest BCUT2D eigenvalue weighted by Gasteiger charge is 2.23. The molecule has 0 rings (SSSR count). The monoisotopic (exact) mass is 772 g/mol. The van der Waals surface area contributed by atoms with Gasteiger partial charge in [-0.15, -0.1) is 0 Å². The Hall–Kier alpha value is -1.51. The Labute approximate surface area is 325 Å². The van der Waals surface area contributed by atoms with E-state index in [2.05, 4.69) is 43.5 Å². The van der Waals surface area contributed by atoms with Crippen molar-refractivity contribution in [2.24, 2.45) is 0 Å². The van der Waals surface area contributed by atoms with Crippen molar-refractivity contribution in [2.75, 3.05) is 26.4 Å². The Bertz CT molecular complexity index is 928. The van der Waals surface area contributed by atoms with E-state index < -0.39 is 26.5 Å². The van der Waals surface area contributed by atoms with E-state index in [9.17, 15) is 24.2 Å². The van der Waals surface area contributed by atoms with Crippen LogP contribution in [0.25, 0.3) is 0 Å². The number of hydrogen-bond acceptors (Lipinski definition) is 7. The molecule has 10 heteroatoms. The van der Waals surface area contributed by atoms with E-state index in [-0.39, 0.29) is 32.1 Å². The van der Waals surface area contributed by atoms with Gasteiger partial charge >= 0.3 is 13.8 Å². The summed E-state index contributed by atoms with van der Waals surface area (Å²) in [7, 11) is -4.41. The van der Waals surface area contributed by atoms with Crippen molar-refractivity contribution in [3.05, 3.63) is 24.3 Å². The highest BCUT2D eigenvalue weighted by atomic mass is 31.2. The number of aliphatic hydroxyl groups excluding tert-OH is 1. The van der Waals surface area contributed by atoms with Crippen LogP contribution in [0.2, 0.25) is 0 Å². The number of nitrogens with one attached hydrogen (secondary N) is 1. The van der Waals surface area contributed by atoms with Crippen molar-refractivity contribution in [2.45, 2.75) is 213 Å². The molecular formula is C43H82NO8P. The first-order valence-corrected chi connectivity index (χ1v) is 23.3. The number of carbonyl (C=O) groups excluding carboxylic acids is 2. The molecule has 0 radical (unpaired) electrons. The van der Waals surface area contributed by atoms with E-state index in [0.29, 0.717) is 6.42 Å². The Kier molecular flexibility index (Phi) is 39.0. The van der Waals surface area contributed by atoms with Crippen LogP contribution in [0.1, 0.15) is 206 Å². The van der Waals surface area contributed by atoms with Gasteiger partial charge in [-0.05, 0) is 44.9 Å². The molecule has 0 spiro atoms. The van der Waals surface area contributed by atoms with Crippen molar-refractivity contribution in [1.82, 2.24) is 5.32 Å². The fourth-order valence-electron chi connectivity index (χ4n) is 6.06. The van der Waals surface area contributed by atoms with Gasteiger partial charge in [0.05, 0.1) is 13.2 Å². The molecule has 0 saturated heterocycles. The maximum Gasteiger partial charge on any atom is 0.472 e. The largest absolute Gasteiger partial charge is 0.472 e. The molecule has 0 aliphatic rings. The molecular weight excluding hydrogens is 689 g/mol. The quantitative estimate of drug-likeness (QED) is 0.0242. The average Bonchev–Trinajstić information content (AvgIpc) is 3.14. The lowest BCUT2D eigenvalue weighted by Gasteiger charge is -2.15. The number of phosphoric ester groups is 1. The van der Waals surface area contributed by atoms with E-state index in [4.69, 9.17) is 13.8 Å². The first kappa shape index (κ1) is 51.5. The fourth-order valence-corrected chi connectivity index (χ4v) is 6.81. The SMILES string of the molecule is CCCCCC/C=C\C/C=C\CCCCCCCCCC(=O)OCC(O)COP(=O)(O)OCCNC(=O)CCCCCCCCCCCCCCCC. The summed E-state index contributed by atoms with van der Waals surface area (Å²) in [6.07, 6.45) is 42.4. The summed E-state index contributed by atoms with van der Waals surface area (Å²) in [5.41, 5.74) is 0. The summed E-state index contributed by atoms with van der Waals surface area (Å²) in [6.45, 7) is 3.55. The summed E-state index contributed by atoms with van der Waals surface area (Å²) in [4.78, 5) is 33.9. The van der Waals surface area contributed by atoms with Crippen molar-refractivity contribution >= 4 is 19.7 Å². The molecule has 0 saturated carbocycles. The Morgan fingerprint density at radius 3 is 1.53 bits per heavy atom. The van der Waals surface area contributed by atoms with Gasteiger partial charge in [0.1, 0.15) is 12.7 Å². The minimum atomic E-state index is -4.41. The number of amides is 1. The Morgan fingerprint density at radius 2 is 1.02 bits per heavy atom. The van der Waals surface area contributed by atoms with Crippen molar-refractivity contribution in [3.63, 3.8) is 0 Å². The summed E-state index contributed by atoms with van der Waals surface area (Å²) >= 11 is 0. The maximum absolute atomic E-state index is 12.1. The molecule has 9 nitrogen and oxygen atoms in total. The molecule has 2 atom stereocenters. The number of rotatable bonds is 41. The van der Waals surface area contributed by atoms with Crippen LogP contribution in [0, 0.1) is 0 Å². The van der Waals surface area contributed by atoms with Gasteiger partial charge in [-0.25, -0.2) is 4.57 Å². The summed E-state index contributed by atoms with van der Waals surface area (Å²) in [5.74, 6) is -0.518. The van der Waals surface area contributed by atoms with E-state index in [1.54, 1.807) is 0 Å². The number of unbranched alkanes of at least 4 members (excludes halogenated alkanes) is 24. The van der Waals surface area contributed by atoms with Gasteiger partial charge in [0, 0.05) is 19.4 Å². The zero-order chi connectivity index (χ0) is 38.9. The van der Waals surface area contributed by atoms with Gasteiger partial charge in [0.2, 0.25) is 5.91 Å².